The van der Waals surface area contributed by atoms with Crippen LogP contribution in [0.25, 0.3) is 0 Å². The van der Waals surface area contributed by atoms with E-state index in [2.05, 4.69) is 0 Å². The lowest BCUT2D eigenvalue weighted by atomic mass is 10.2. The standard InChI is InChI=1S/C8H16O2S/c1-8(2,3)10-7(9)5-6-11-4/h5-6H2,1-4H3. The molecule has 0 unspecified atom stereocenters. The highest BCUT2D eigenvalue weighted by atomic mass is 32.2. The van der Waals surface area contributed by atoms with Crippen molar-refractivity contribution in [1.29, 1.82) is 0 Å². The Balaban J connectivity index is 3.53. The fraction of sp³-hybridized carbons (Fsp3) is 0.875. The lowest BCUT2D eigenvalue weighted by Crippen LogP contribution is -2.23. The average molecular weight is 176 g/mol. The van der Waals surface area contributed by atoms with Gasteiger partial charge in [0, 0.05) is 5.75 Å². The van der Waals surface area contributed by atoms with Gasteiger partial charge in [-0.25, -0.2) is 0 Å². The Labute approximate surface area is 72.7 Å². The molecule has 0 bridgehead atoms. The van der Waals surface area contributed by atoms with Crippen LogP contribution in [0, 0.1) is 0 Å². The van der Waals surface area contributed by atoms with E-state index in [1.165, 1.54) is 0 Å². The number of rotatable bonds is 3. The van der Waals surface area contributed by atoms with Crippen LogP contribution in [0.15, 0.2) is 0 Å². The molecule has 0 saturated carbocycles. The number of hydrogen-bond acceptors (Lipinski definition) is 3. The second-order valence-corrected chi connectivity index (χ2v) is 4.31. The molecule has 2 nitrogen and oxygen atoms in total. The fourth-order valence-electron chi connectivity index (χ4n) is 0.578. The predicted molar refractivity (Wildman–Crippen MR) is 48.8 cm³/mol. The third-order valence-electron chi connectivity index (χ3n) is 0.930. The van der Waals surface area contributed by atoms with Crippen molar-refractivity contribution in [2.45, 2.75) is 32.8 Å². The molecule has 0 aromatic heterocycles. The Hall–Kier alpha value is -0.180. The van der Waals surface area contributed by atoms with Crippen LogP contribution in [0.3, 0.4) is 0 Å². The van der Waals surface area contributed by atoms with Crippen LogP contribution in [0.1, 0.15) is 27.2 Å². The van der Waals surface area contributed by atoms with E-state index in [0.717, 1.165) is 5.75 Å². The topological polar surface area (TPSA) is 26.3 Å². The van der Waals surface area contributed by atoms with Gasteiger partial charge in [0.2, 0.25) is 0 Å². The van der Waals surface area contributed by atoms with Crippen molar-refractivity contribution < 1.29 is 9.53 Å². The normalized spacial score (nSPS) is 11.3. The van der Waals surface area contributed by atoms with Gasteiger partial charge in [0.15, 0.2) is 0 Å². The number of esters is 1. The summed E-state index contributed by atoms with van der Waals surface area (Å²) >= 11 is 1.66. The quantitative estimate of drug-likeness (QED) is 0.616. The molecule has 0 aliphatic rings. The molecule has 0 saturated heterocycles. The third kappa shape index (κ3) is 7.72. The number of thioether (sulfide) groups is 1. The zero-order valence-corrected chi connectivity index (χ0v) is 8.46. The maximum atomic E-state index is 11.0. The molecule has 0 aromatic carbocycles. The van der Waals surface area contributed by atoms with Gasteiger partial charge in [-0.1, -0.05) is 0 Å². The van der Waals surface area contributed by atoms with Crippen molar-refractivity contribution in [3.05, 3.63) is 0 Å². The summed E-state index contributed by atoms with van der Waals surface area (Å²) in [5.74, 6) is 0.737. The van der Waals surface area contributed by atoms with E-state index >= 15 is 0 Å². The minimum atomic E-state index is -0.338. The molecule has 0 rings (SSSR count). The van der Waals surface area contributed by atoms with E-state index in [0.29, 0.717) is 6.42 Å². The second-order valence-electron chi connectivity index (χ2n) is 3.33. The Kier molecular flexibility index (Phi) is 4.57. The van der Waals surface area contributed by atoms with Crippen LogP contribution in [0.2, 0.25) is 0 Å². The maximum absolute atomic E-state index is 11.0. The molecule has 0 spiro atoms. The zero-order chi connectivity index (χ0) is 8.91. The number of ether oxygens (including phenoxy) is 1. The minimum Gasteiger partial charge on any atom is -0.460 e. The van der Waals surface area contributed by atoms with Gasteiger partial charge in [0.05, 0.1) is 6.42 Å². The lowest BCUT2D eigenvalue weighted by molar-refractivity contribution is -0.154. The molecule has 0 aliphatic carbocycles. The van der Waals surface area contributed by atoms with Gasteiger partial charge in [-0.2, -0.15) is 11.8 Å². The molecule has 66 valence electrons. The van der Waals surface area contributed by atoms with E-state index < -0.39 is 0 Å². The van der Waals surface area contributed by atoms with Crippen LogP contribution >= 0.6 is 11.8 Å². The fourth-order valence-corrected chi connectivity index (χ4v) is 0.949. The Bertz CT molecular complexity index is 127. The van der Waals surface area contributed by atoms with Gasteiger partial charge in [-0.3, -0.25) is 4.79 Å². The van der Waals surface area contributed by atoms with Crippen LogP contribution in [-0.2, 0) is 9.53 Å². The van der Waals surface area contributed by atoms with Crippen molar-refractivity contribution in [2.75, 3.05) is 12.0 Å². The first-order valence-electron chi connectivity index (χ1n) is 3.66. The lowest BCUT2D eigenvalue weighted by Gasteiger charge is -2.19. The summed E-state index contributed by atoms with van der Waals surface area (Å²) in [5.41, 5.74) is -0.338. The molecule has 0 fully saturated rings. The van der Waals surface area contributed by atoms with Gasteiger partial charge < -0.3 is 4.74 Å². The molecule has 0 aliphatic heterocycles. The minimum absolute atomic E-state index is 0.105. The molecule has 0 aromatic rings. The Morgan fingerprint density at radius 2 is 2.00 bits per heavy atom. The van der Waals surface area contributed by atoms with Gasteiger partial charge in [-0.05, 0) is 27.0 Å². The number of carbonyl (C=O) groups excluding carboxylic acids is 1. The van der Waals surface area contributed by atoms with E-state index in [1.54, 1.807) is 11.8 Å². The van der Waals surface area contributed by atoms with Gasteiger partial charge in [-0.15, -0.1) is 0 Å². The van der Waals surface area contributed by atoms with E-state index in [9.17, 15) is 4.79 Å². The van der Waals surface area contributed by atoms with Gasteiger partial charge in [0.25, 0.3) is 0 Å². The average Bonchev–Trinajstić information content (AvgIpc) is 1.79. The first kappa shape index (κ1) is 10.8. The molecular weight excluding hydrogens is 160 g/mol. The smallest absolute Gasteiger partial charge is 0.307 e. The van der Waals surface area contributed by atoms with Crippen molar-refractivity contribution in [1.82, 2.24) is 0 Å². The van der Waals surface area contributed by atoms with E-state index in [4.69, 9.17) is 4.74 Å². The van der Waals surface area contributed by atoms with Crippen molar-refractivity contribution in [2.24, 2.45) is 0 Å². The SMILES string of the molecule is CSCCC(=O)OC(C)(C)C. The zero-order valence-electron chi connectivity index (χ0n) is 7.64. The Morgan fingerprint density at radius 3 is 2.36 bits per heavy atom. The molecule has 0 amide bonds. The summed E-state index contributed by atoms with van der Waals surface area (Å²) in [6.45, 7) is 5.64. The molecule has 3 heteroatoms. The first-order chi connectivity index (χ1) is 4.95. The van der Waals surface area contributed by atoms with Gasteiger partial charge in [0.1, 0.15) is 5.60 Å². The molecule has 0 atom stereocenters. The first-order valence-corrected chi connectivity index (χ1v) is 5.06. The van der Waals surface area contributed by atoms with E-state index in [-0.39, 0.29) is 11.6 Å². The van der Waals surface area contributed by atoms with Crippen LogP contribution in [-0.4, -0.2) is 23.6 Å². The summed E-state index contributed by atoms with van der Waals surface area (Å²) in [6, 6.07) is 0. The molecular formula is C8H16O2S. The monoisotopic (exact) mass is 176 g/mol. The highest BCUT2D eigenvalue weighted by molar-refractivity contribution is 7.98. The summed E-state index contributed by atoms with van der Waals surface area (Å²) in [4.78, 5) is 11.0. The van der Waals surface area contributed by atoms with Crippen LogP contribution in [0.4, 0.5) is 0 Å². The third-order valence-corrected chi connectivity index (χ3v) is 1.54. The molecule has 0 heterocycles. The number of hydrogen-bond donors (Lipinski definition) is 0. The van der Waals surface area contributed by atoms with Crippen molar-refractivity contribution in [3.8, 4) is 0 Å². The van der Waals surface area contributed by atoms with Crippen LogP contribution in [0.5, 0.6) is 0 Å². The van der Waals surface area contributed by atoms with Gasteiger partial charge >= 0.3 is 5.97 Å². The largest absolute Gasteiger partial charge is 0.460 e. The highest BCUT2D eigenvalue weighted by Crippen LogP contribution is 2.09. The molecule has 0 N–H and O–H groups in total. The van der Waals surface area contributed by atoms with Crippen molar-refractivity contribution >= 4 is 17.7 Å². The molecule has 11 heavy (non-hydrogen) atoms. The maximum Gasteiger partial charge on any atom is 0.307 e. The highest BCUT2D eigenvalue weighted by Gasteiger charge is 2.15. The van der Waals surface area contributed by atoms with Crippen molar-refractivity contribution in [3.63, 3.8) is 0 Å². The van der Waals surface area contributed by atoms with Crippen LogP contribution < -0.4 is 0 Å². The summed E-state index contributed by atoms with van der Waals surface area (Å²) < 4.78 is 5.09. The molecule has 0 radical (unpaired) electrons. The predicted octanol–water partition coefficient (Wildman–Crippen LogP) is 2.08. The summed E-state index contributed by atoms with van der Waals surface area (Å²) in [5, 5.41) is 0. The van der Waals surface area contributed by atoms with E-state index in [1.807, 2.05) is 27.0 Å². The summed E-state index contributed by atoms with van der Waals surface area (Å²) in [6.07, 6.45) is 2.49. The Morgan fingerprint density at radius 1 is 1.45 bits per heavy atom. The number of carbonyl (C=O) groups is 1. The second kappa shape index (κ2) is 4.65. The summed E-state index contributed by atoms with van der Waals surface area (Å²) in [7, 11) is 0.